The molecule has 0 saturated carbocycles. The summed E-state index contributed by atoms with van der Waals surface area (Å²) in [5.41, 5.74) is -5.27. The maximum Gasteiger partial charge on any atom is 0.534 e. The van der Waals surface area contributed by atoms with E-state index in [9.17, 15) is 30.0 Å². The van der Waals surface area contributed by atoms with Gasteiger partial charge in [-0.2, -0.15) is 21.6 Å². The first kappa shape index (κ1) is 20.8. The van der Waals surface area contributed by atoms with Gasteiger partial charge in [0.15, 0.2) is 5.75 Å². The summed E-state index contributed by atoms with van der Waals surface area (Å²) in [5, 5.41) is 0. The molecule has 0 atom stereocenters. The number of anilines is 1. The number of hydrogen-bond acceptors (Lipinski definition) is 5. The van der Waals surface area contributed by atoms with Crippen molar-refractivity contribution in [3.63, 3.8) is 0 Å². The van der Waals surface area contributed by atoms with Gasteiger partial charge in [0.05, 0.1) is 10.6 Å². The molecule has 0 fully saturated rings. The second-order valence-electron chi connectivity index (χ2n) is 5.32. The summed E-state index contributed by atoms with van der Waals surface area (Å²) in [5.74, 6) is -0.716. The van der Waals surface area contributed by atoms with Crippen molar-refractivity contribution >= 4 is 31.9 Å². The van der Waals surface area contributed by atoms with Crippen molar-refractivity contribution < 1.29 is 34.2 Å². The number of sulfonamides is 1. The van der Waals surface area contributed by atoms with E-state index in [4.69, 9.17) is 0 Å². The van der Waals surface area contributed by atoms with Gasteiger partial charge in [-0.15, -0.1) is 0 Å². The Bertz CT molecular complexity index is 1060. The fourth-order valence-corrected chi connectivity index (χ4v) is 3.56. The summed E-state index contributed by atoms with van der Waals surface area (Å²) < 4.78 is 91.2. The lowest BCUT2D eigenvalue weighted by molar-refractivity contribution is -0.0500. The highest BCUT2D eigenvalue weighted by Crippen LogP contribution is 2.33. The minimum absolute atomic E-state index is 0.0858. The van der Waals surface area contributed by atoms with Crippen LogP contribution in [0, 0.1) is 6.92 Å². The highest BCUT2D eigenvalue weighted by molar-refractivity contribution is 7.92. The van der Waals surface area contributed by atoms with Crippen LogP contribution in [0.3, 0.4) is 0 Å². The van der Waals surface area contributed by atoms with Crippen molar-refractivity contribution in [2.24, 2.45) is 0 Å². The summed E-state index contributed by atoms with van der Waals surface area (Å²) in [7, 11) is -10.0. The Balaban J connectivity index is 2.45. The Labute approximate surface area is 154 Å². The van der Waals surface area contributed by atoms with Crippen LogP contribution in [0.2, 0.25) is 0 Å². The van der Waals surface area contributed by atoms with Crippen LogP contribution in [0.1, 0.15) is 11.1 Å². The van der Waals surface area contributed by atoms with Gasteiger partial charge in [-0.1, -0.05) is 36.4 Å². The van der Waals surface area contributed by atoms with E-state index in [1.807, 2.05) is 0 Å². The molecule has 11 heteroatoms. The summed E-state index contributed by atoms with van der Waals surface area (Å²) in [6.07, 6.45) is 0.980. The lowest BCUT2D eigenvalue weighted by Crippen LogP contribution is -2.28. The molecule has 146 valence electrons. The van der Waals surface area contributed by atoms with Gasteiger partial charge < -0.3 is 4.18 Å². The quantitative estimate of drug-likeness (QED) is 0.568. The van der Waals surface area contributed by atoms with Crippen molar-refractivity contribution in [1.29, 1.82) is 0 Å². The van der Waals surface area contributed by atoms with E-state index in [1.165, 1.54) is 18.2 Å². The fourth-order valence-electron chi connectivity index (χ4n) is 2.00. The van der Waals surface area contributed by atoms with Gasteiger partial charge in [0, 0.05) is 5.56 Å². The molecule has 0 aliphatic rings. The van der Waals surface area contributed by atoms with E-state index in [0.29, 0.717) is 0 Å². The minimum atomic E-state index is -5.93. The van der Waals surface area contributed by atoms with Crippen LogP contribution in [-0.2, 0) is 20.1 Å². The third kappa shape index (κ3) is 4.61. The van der Waals surface area contributed by atoms with Crippen LogP contribution < -0.4 is 8.91 Å². The van der Waals surface area contributed by atoms with Crippen LogP contribution >= 0.6 is 0 Å². The average Bonchev–Trinajstić information content (AvgIpc) is 2.54. The largest absolute Gasteiger partial charge is 0.534 e. The molecule has 0 heterocycles. The van der Waals surface area contributed by atoms with Gasteiger partial charge in [0.2, 0.25) is 0 Å². The van der Waals surface area contributed by atoms with E-state index < -0.39 is 31.4 Å². The van der Waals surface area contributed by atoms with E-state index in [0.717, 1.165) is 23.8 Å². The zero-order chi connectivity index (χ0) is 20.5. The SMILES string of the molecule is C=Cc1c(NS(=O)(=O)c2ccc(C)cc2)cccc1OS(=O)(=O)C(F)(F)F. The third-order valence-electron chi connectivity index (χ3n) is 3.33. The molecule has 0 saturated heterocycles. The highest BCUT2D eigenvalue weighted by atomic mass is 32.2. The maximum atomic E-state index is 12.5. The Kier molecular flexibility index (Phi) is 5.57. The molecule has 6 nitrogen and oxygen atoms in total. The van der Waals surface area contributed by atoms with Crippen molar-refractivity contribution in [2.45, 2.75) is 17.3 Å². The highest BCUT2D eigenvalue weighted by Gasteiger charge is 2.48. The standard InChI is InChI=1S/C16H14F3NO5S2/c1-3-13-14(20-26(21,22)12-9-7-11(2)8-10-12)5-4-6-15(13)25-27(23,24)16(17,18)19/h3-10,20H,1H2,2H3. The summed E-state index contributed by atoms with van der Waals surface area (Å²) in [4.78, 5) is -0.0858. The van der Waals surface area contributed by atoms with Crippen molar-refractivity contribution in [1.82, 2.24) is 0 Å². The predicted octanol–water partition coefficient (Wildman–Crippen LogP) is 3.67. The molecule has 27 heavy (non-hydrogen) atoms. The monoisotopic (exact) mass is 421 g/mol. The van der Waals surface area contributed by atoms with Gasteiger partial charge in [-0.25, -0.2) is 8.42 Å². The Hall–Kier alpha value is -2.53. The second kappa shape index (κ2) is 7.24. The van der Waals surface area contributed by atoms with Crippen LogP contribution in [0.15, 0.2) is 53.9 Å². The summed E-state index contributed by atoms with van der Waals surface area (Å²) in [6.45, 7) is 5.13. The lowest BCUT2D eigenvalue weighted by Gasteiger charge is -2.15. The van der Waals surface area contributed by atoms with Crippen LogP contribution in [0.4, 0.5) is 18.9 Å². The number of nitrogens with one attached hydrogen (secondary N) is 1. The van der Waals surface area contributed by atoms with E-state index in [-0.39, 0.29) is 16.1 Å². The molecule has 0 aliphatic heterocycles. The summed E-state index contributed by atoms with van der Waals surface area (Å²) in [6, 6.07) is 9.15. The first-order chi connectivity index (χ1) is 12.4. The normalized spacial score (nSPS) is 12.4. The predicted molar refractivity (Wildman–Crippen MR) is 94.1 cm³/mol. The van der Waals surface area contributed by atoms with E-state index in [1.54, 1.807) is 19.1 Å². The van der Waals surface area contributed by atoms with E-state index >= 15 is 0 Å². The van der Waals surface area contributed by atoms with Gasteiger partial charge in [0.25, 0.3) is 10.0 Å². The van der Waals surface area contributed by atoms with Gasteiger partial charge in [-0.05, 0) is 31.2 Å². The molecule has 0 aliphatic carbocycles. The van der Waals surface area contributed by atoms with E-state index in [2.05, 4.69) is 15.5 Å². The third-order valence-corrected chi connectivity index (χ3v) is 5.68. The molecule has 0 bridgehead atoms. The zero-order valence-electron chi connectivity index (χ0n) is 13.8. The molecule has 2 aromatic rings. The Morgan fingerprint density at radius 3 is 2.15 bits per heavy atom. The molecular formula is C16H14F3NO5S2. The number of alkyl halides is 3. The second-order valence-corrected chi connectivity index (χ2v) is 8.54. The first-order valence-corrected chi connectivity index (χ1v) is 10.1. The molecule has 0 radical (unpaired) electrons. The maximum absolute atomic E-state index is 12.5. The summed E-state index contributed by atoms with van der Waals surface area (Å²) >= 11 is 0. The van der Waals surface area contributed by atoms with Gasteiger partial charge in [0.1, 0.15) is 0 Å². The molecule has 0 unspecified atom stereocenters. The number of hydrogen-bond donors (Lipinski definition) is 1. The molecule has 0 aromatic heterocycles. The number of halogens is 3. The van der Waals surface area contributed by atoms with Gasteiger partial charge >= 0.3 is 15.6 Å². The molecule has 2 rings (SSSR count). The minimum Gasteiger partial charge on any atom is -0.375 e. The molecule has 0 spiro atoms. The Morgan fingerprint density at radius 1 is 1.04 bits per heavy atom. The molecule has 0 amide bonds. The number of rotatable bonds is 6. The first-order valence-electron chi connectivity index (χ1n) is 7.23. The fraction of sp³-hybridized carbons (Fsp3) is 0.125. The van der Waals surface area contributed by atoms with Crippen LogP contribution in [0.25, 0.3) is 6.08 Å². The van der Waals surface area contributed by atoms with Crippen molar-refractivity contribution in [3.05, 3.63) is 60.2 Å². The van der Waals surface area contributed by atoms with Crippen molar-refractivity contribution in [3.8, 4) is 5.75 Å². The smallest absolute Gasteiger partial charge is 0.375 e. The van der Waals surface area contributed by atoms with Crippen LogP contribution in [-0.4, -0.2) is 22.3 Å². The van der Waals surface area contributed by atoms with Crippen molar-refractivity contribution in [2.75, 3.05) is 4.72 Å². The lowest BCUT2D eigenvalue weighted by atomic mass is 10.1. The molecule has 1 N–H and O–H groups in total. The van der Waals surface area contributed by atoms with Crippen LogP contribution in [0.5, 0.6) is 5.75 Å². The average molecular weight is 421 g/mol. The topological polar surface area (TPSA) is 89.5 Å². The zero-order valence-corrected chi connectivity index (χ0v) is 15.5. The number of aryl methyl sites for hydroxylation is 1. The number of benzene rings is 2. The van der Waals surface area contributed by atoms with Gasteiger partial charge in [-0.3, -0.25) is 4.72 Å². The molecular weight excluding hydrogens is 407 g/mol. The Morgan fingerprint density at radius 2 is 1.63 bits per heavy atom. The molecule has 2 aromatic carbocycles.